The van der Waals surface area contributed by atoms with Gasteiger partial charge in [0.2, 0.25) is 11.9 Å². The van der Waals surface area contributed by atoms with Gasteiger partial charge in [-0.1, -0.05) is 17.9 Å². The Labute approximate surface area is 217 Å². The number of hydrogen-bond acceptors (Lipinski definition) is 8. The number of carbonyl (C=O) groups excluding carboxylic acids is 2. The first kappa shape index (κ1) is 27.3. The first-order valence-corrected chi connectivity index (χ1v) is 12.1. The van der Waals surface area contributed by atoms with Crippen molar-refractivity contribution in [1.29, 1.82) is 5.26 Å². The number of nitrogens with zero attached hydrogens (tertiary/aromatic N) is 4. The Bertz CT molecular complexity index is 1250. The van der Waals surface area contributed by atoms with Crippen LogP contribution < -0.4 is 16.0 Å². The van der Waals surface area contributed by atoms with Gasteiger partial charge >= 0.3 is 6.09 Å². The van der Waals surface area contributed by atoms with Crippen LogP contribution in [0.4, 0.5) is 22.2 Å². The summed E-state index contributed by atoms with van der Waals surface area (Å²) in [6.07, 6.45) is 2.57. The van der Waals surface area contributed by atoms with Gasteiger partial charge in [0.1, 0.15) is 17.5 Å². The minimum absolute atomic E-state index is 0.0112. The zero-order valence-corrected chi connectivity index (χ0v) is 22.0. The summed E-state index contributed by atoms with van der Waals surface area (Å²) < 4.78 is 5.33. The van der Waals surface area contributed by atoms with Crippen LogP contribution in [-0.2, 0) is 9.53 Å². The fourth-order valence-corrected chi connectivity index (χ4v) is 3.54. The van der Waals surface area contributed by atoms with E-state index in [0.29, 0.717) is 28.6 Å². The summed E-state index contributed by atoms with van der Waals surface area (Å²) in [5.74, 6) is 7.26. The quantitative estimate of drug-likeness (QED) is 0.509. The number of hydrogen-bond donors (Lipinski definition) is 3. The lowest BCUT2D eigenvalue weighted by atomic mass is 9.80. The molecule has 1 aromatic heterocycles. The molecule has 10 nitrogen and oxygen atoms in total. The van der Waals surface area contributed by atoms with Crippen LogP contribution in [0.25, 0.3) is 0 Å². The maximum Gasteiger partial charge on any atom is 0.410 e. The third-order valence-electron chi connectivity index (χ3n) is 5.81. The SMILES string of the molecule is CNc1nc(Nc2cccc(C#N)c2)ncc1C#CC1CC(NC(=O)[C@H](C)N(C)C(=O)OC(C)(C)C)C1. The van der Waals surface area contributed by atoms with Crippen molar-refractivity contribution in [2.24, 2.45) is 5.92 Å². The summed E-state index contributed by atoms with van der Waals surface area (Å²) in [7, 11) is 3.32. The fraction of sp³-hybridized carbons (Fsp3) is 0.444. The Kier molecular flexibility index (Phi) is 8.56. The highest BCUT2D eigenvalue weighted by Crippen LogP contribution is 2.27. The second-order valence-corrected chi connectivity index (χ2v) is 9.93. The molecule has 1 aromatic carbocycles. The van der Waals surface area contributed by atoms with Crippen LogP contribution in [-0.4, -0.2) is 58.6 Å². The lowest BCUT2D eigenvalue weighted by Gasteiger charge is -2.34. The Balaban J connectivity index is 1.53. The van der Waals surface area contributed by atoms with Gasteiger partial charge in [-0.25, -0.2) is 9.78 Å². The molecule has 3 N–H and O–H groups in total. The van der Waals surface area contributed by atoms with Crippen LogP contribution in [0.5, 0.6) is 0 Å². The average Bonchev–Trinajstić information content (AvgIpc) is 2.83. The molecule has 1 atom stereocenters. The first-order chi connectivity index (χ1) is 17.5. The summed E-state index contributed by atoms with van der Waals surface area (Å²) in [5.41, 5.74) is 1.30. The Morgan fingerprint density at radius 2 is 2.00 bits per heavy atom. The molecular formula is C27H33N7O3. The molecule has 0 saturated heterocycles. The second kappa shape index (κ2) is 11.6. The highest BCUT2D eigenvalue weighted by molar-refractivity contribution is 5.85. The topological polar surface area (TPSA) is 132 Å². The molecule has 3 rings (SSSR count). The minimum atomic E-state index is -0.648. The van der Waals surface area contributed by atoms with Crippen LogP contribution in [0, 0.1) is 29.1 Å². The minimum Gasteiger partial charge on any atom is -0.444 e. The number of nitriles is 1. The molecule has 1 saturated carbocycles. The van der Waals surface area contributed by atoms with Crippen molar-refractivity contribution in [3.05, 3.63) is 41.6 Å². The number of nitrogens with one attached hydrogen (secondary N) is 3. The van der Waals surface area contributed by atoms with Gasteiger partial charge in [-0.2, -0.15) is 10.2 Å². The highest BCUT2D eigenvalue weighted by Gasteiger charge is 2.32. The third kappa shape index (κ3) is 7.58. The van der Waals surface area contributed by atoms with E-state index in [1.54, 1.807) is 66.2 Å². The van der Waals surface area contributed by atoms with Crippen LogP contribution in [0.1, 0.15) is 51.7 Å². The van der Waals surface area contributed by atoms with E-state index in [1.807, 2.05) is 6.07 Å². The predicted octanol–water partition coefficient (Wildman–Crippen LogP) is 3.64. The van der Waals surface area contributed by atoms with E-state index >= 15 is 0 Å². The zero-order valence-electron chi connectivity index (χ0n) is 22.0. The number of carbonyl (C=O) groups is 2. The Morgan fingerprint density at radius 3 is 2.65 bits per heavy atom. The number of aromatic nitrogens is 2. The van der Waals surface area contributed by atoms with Crippen molar-refractivity contribution in [2.75, 3.05) is 24.7 Å². The molecular weight excluding hydrogens is 470 g/mol. The van der Waals surface area contributed by atoms with Gasteiger partial charge < -0.3 is 20.7 Å². The predicted molar refractivity (Wildman–Crippen MR) is 141 cm³/mol. The number of likely N-dealkylation sites (N-methyl/N-ethyl adjacent to an activating group) is 1. The van der Waals surface area contributed by atoms with Crippen LogP contribution in [0.3, 0.4) is 0 Å². The lowest BCUT2D eigenvalue weighted by Crippen LogP contribution is -2.52. The van der Waals surface area contributed by atoms with Crippen LogP contribution >= 0.6 is 0 Å². The molecule has 2 amide bonds. The summed E-state index contributed by atoms with van der Waals surface area (Å²) in [5, 5.41) is 18.2. The Morgan fingerprint density at radius 1 is 1.27 bits per heavy atom. The van der Waals surface area contributed by atoms with Gasteiger partial charge in [-0.05, 0) is 58.7 Å². The molecule has 1 heterocycles. The molecule has 1 fully saturated rings. The largest absolute Gasteiger partial charge is 0.444 e. The van der Waals surface area contributed by atoms with E-state index in [0.717, 1.165) is 12.8 Å². The van der Waals surface area contributed by atoms with Crippen molar-refractivity contribution in [3.8, 4) is 17.9 Å². The van der Waals surface area contributed by atoms with E-state index in [-0.39, 0.29) is 17.9 Å². The summed E-state index contributed by atoms with van der Waals surface area (Å²) in [4.78, 5) is 34.9. The molecule has 0 spiro atoms. The molecule has 2 aromatic rings. The van der Waals surface area contributed by atoms with Crippen molar-refractivity contribution < 1.29 is 14.3 Å². The third-order valence-corrected chi connectivity index (χ3v) is 5.81. The molecule has 0 radical (unpaired) electrons. The van der Waals surface area contributed by atoms with Gasteiger partial charge in [-0.15, -0.1) is 0 Å². The molecule has 37 heavy (non-hydrogen) atoms. The molecule has 0 aliphatic heterocycles. The molecule has 10 heteroatoms. The van der Waals surface area contributed by atoms with Crippen molar-refractivity contribution in [1.82, 2.24) is 20.2 Å². The fourth-order valence-electron chi connectivity index (χ4n) is 3.54. The Hall–Kier alpha value is -4.31. The smallest absolute Gasteiger partial charge is 0.410 e. The van der Waals surface area contributed by atoms with E-state index in [9.17, 15) is 9.59 Å². The monoisotopic (exact) mass is 503 g/mol. The highest BCUT2D eigenvalue weighted by atomic mass is 16.6. The van der Waals surface area contributed by atoms with Gasteiger partial charge in [0.25, 0.3) is 0 Å². The summed E-state index contributed by atoms with van der Waals surface area (Å²) in [6.45, 7) is 7.03. The summed E-state index contributed by atoms with van der Waals surface area (Å²) >= 11 is 0. The second-order valence-electron chi connectivity index (χ2n) is 9.93. The molecule has 1 aliphatic carbocycles. The molecule has 1 aliphatic rings. The molecule has 0 bridgehead atoms. The maximum absolute atomic E-state index is 12.6. The van der Waals surface area contributed by atoms with Crippen LogP contribution in [0.15, 0.2) is 30.5 Å². The molecule has 194 valence electrons. The first-order valence-electron chi connectivity index (χ1n) is 12.1. The van der Waals surface area contributed by atoms with Gasteiger partial charge in [0, 0.05) is 31.7 Å². The van der Waals surface area contributed by atoms with Gasteiger partial charge in [0.05, 0.1) is 23.4 Å². The van der Waals surface area contributed by atoms with Crippen molar-refractivity contribution in [2.45, 2.75) is 58.2 Å². The van der Waals surface area contributed by atoms with Crippen molar-refractivity contribution in [3.63, 3.8) is 0 Å². The molecule has 0 unspecified atom stereocenters. The average molecular weight is 504 g/mol. The number of amides is 2. The van der Waals surface area contributed by atoms with Gasteiger partial charge in [0.15, 0.2) is 0 Å². The maximum atomic E-state index is 12.6. The summed E-state index contributed by atoms with van der Waals surface area (Å²) in [6, 6.07) is 8.53. The van der Waals surface area contributed by atoms with Crippen LogP contribution in [0.2, 0.25) is 0 Å². The number of anilines is 3. The van der Waals surface area contributed by atoms with E-state index in [4.69, 9.17) is 10.00 Å². The van der Waals surface area contributed by atoms with E-state index < -0.39 is 17.7 Å². The number of ether oxygens (including phenoxy) is 1. The lowest BCUT2D eigenvalue weighted by molar-refractivity contribution is -0.126. The standard InChI is InChI=1S/C27H33N7O3/c1-17(34(6)26(36)37-27(2,3)4)24(35)31-22-12-18(13-22)10-11-20-16-30-25(33-23(20)29-5)32-21-9-7-8-19(14-21)15-28/h7-9,14,16-18,22H,12-13H2,1-6H3,(H,31,35)(H2,29,30,32,33)/t17-,18?,22?/m0/s1. The van der Waals surface area contributed by atoms with Gasteiger partial charge in [-0.3, -0.25) is 9.69 Å². The zero-order chi connectivity index (χ0) is 27.2. The van der Waals surface area contributed by atoms with Crippen molar-refractivity contribution >= 4 is 29.5 Å². The van der Waals surface area contributed by atoms with E-state index in [2.05, 4.69) is 43.8 Å². The normalized spacial score (nSPS) is 17.1. The number of rotatable bonds is 6. The van der Waals surface area contributed by atoms with E-state index in [1.165, 1.54) is 4.90 Å². The number of benzene rings is 1.